The Kier molecular flexibility index (Phi) is 2.75. The van der Waals surface area contributed by atoms with Crippen molar-refractivity contribution in [3.63, 3.8) is 0 Å². The molecule has 0 radical (unpaired) electrons. The fourth-order valence-corrected chi connectivity index (χ4v) is 0.665. The summed E-state index contributed by atoms with van der Waals surface area (Å²) in [5.41, 5.74) is 0. The summed E-state index contributed by atoms with van der Waals surface area (Å²) in [5, 5.41) is 0. The first-order valence-corrected chi connectivity index (χ1v) is 3.64. The molecule has 0 spiro atoms. The average Bonchev–Trinajstić information content (AvgIpc) is 2.04. The van der Waals surface area contributed by atoms with Gasteiger partial charge in [-0.25, -0.2) is 4.98 Å². The third-order valence-corrected chi connectivity index (χ3v) is 1.40. The summed E-state index contributed by atoms with van der Waals surface area (Å²) in [6, 6.07) is 4.54. The van der Waals surface area contributed by atoms with Gasteiger partial charge in [0.05, 0.1) is 0 Å². The van der Waals surface area contributed by atoms with Crippen molar-refractivity contribution in [2.75, 3.05) is 0 Å². The molecule has 13 heavy (non-hydrogen) atoms. The Labute approximate surface area is 73.4 Å². The van der Waals surface area contributed by atoms with Crippen LogP contribution < -0.4 is 4.74 Å². The van der Waals surface area contributed by atoms with E-state index in [1.54, 1.807) is 12.1 Å². The second-order valence-corrected chi connectivity index (χ2v) is 2.47. The lowest BCUT2D eigenvalue weighted by molar-refractivity contribution is -0.189. The highest BCUT2D eigenvalue weighted by atomic mass is 19.4. The van der Waals surface area contributed by atoms with E-state index in [1.807, 2.05) is 0 Å². The molecule has 72 valence electrons. The molecule has 2 nitrogen and oxygen atoms in total. The van der Waals surface area contributed by atoms with E-state index in [1.165, 1.54) is 12.3 Å². The van der Waals surface area contributed by atoms with E-state index in [9.17, 15) is 13.2 Å². The fraction of sp³-hybridized carbons (Fsp3) is 0.375. The normalized spacial score (nSPS) is 13.8. The Hall–Kier alpha value is -1.26. The standard InChI is InChI=1S/C8H8F3NO/c1-6(8(9,10)11)13-7-4-2-3-5-12-7/h2-6H,1H3/t6-/m0/s1. The molecule has 0 saturated heterocycles. The molecule has 0 aromatic carbocycles. The van der Waals surface area contributed by atoms with Crippen LogP contribution in [0, 0.1) is 0 Å². The maximum absolute atomic E-state index is 12.0. The molecule has 0 N–H and O–H groups in total. The van der Waals surface area contributed by atoms with Gasteiger partial charge in [-0.3, -0.25) is 0 Å². The number of pyridine rings is 1. The quantitative estimate of drug-likeness (QED) is 0.716. The van der Waals surface area contributed by atoms with Crippen LogP contribution in [0.25, 0.3) is 0 Å². The third kappa shape index (κ3) is 2.93. The minimum absolute atomic E-state index is 0.0210. The topological polar surface area (TPSA) is 22.1 Å². The van der Waals surface area contributed by atoms with Gasteiger partial charge in [0.15, 0.2) is 6.10 Å². The highest BCUT2D eigenvalue weighted by Crippen LogP contribution is 2.23. The Morgan fingerprint density at radius 2 is 2.08 bits per heavy atom. The Morgan fingerprint density at radius 3 is 2.54 bits per heavy atom. The number of hydrogen-bond donors (Lipinski definition) is 0. The Balaban J connectivity index is 2.61. The number of hydrogen-bond acceptors (Lipinski definition) is 2. The van der Waals surface area contributed by atoms with Gasteiger partial charge in [0.2, 0.25) is 5.88 Å². The number of ether oxygens (including phenoxy) is 1. The summed E-state index contributed by atoms with van der Waals surface area (Å²) >= 11 is 0. The zero-order valence-electron chi connectivity index (χ0n) is 6.88. The summed E-state index contributed by atoms with van der Waals surface area (Å²) in [6.07, 6.45) is -4.81. The molecule has 1 aromatic rings. The highest BCUT2D eigenvalue weighted by molar-refractivity contribution is 5.09. The smallest absolute Gasteiger partial charge is 0.425 e. The second-order valence-electron chi connectivity index (χ2n) is 2.47. The Bertz CT molecular complexity index is 260. The predicted octanol–water partition coefficient (Wildman–Crippen LogP) is 2.41. The highest BCUT2D eigenvalue weighted by Gasteiger charge is 2.38. The zero-order chi connectivity index (χ0) is 9.90. The molecule has 0 aliphatic rings. The summed E-state index contributed by atoms with van der Waals surface area (Å²) < 4.78 is 40.5. The van der Waals surface area contributed by atoms with E-state index in [0.717, 1.165) is 6.92 Å². The summed E-state index contributed by atoms with van der Waals surface area (Å²) in [6.45, 7) is 0.939. The van der Waals surface area contributed by atoms with Crippen molar-refractivity contribution in [1.82, 2.24) is 4.98 Å². The molecule has 0 unspecified atom stereocenters. The van der Waals surface area contributed by atoms with Crippen LogP contribution >= 0.6 is 0 Å². The molecule has 0 saturated carbocycles. The van der Waals surface area contributed by atoms with E-state index < -0.39 is 12.3 Å². The molecule has 0 amide bonds. The maximum atomic E-state index is 12.0. The lowest BCUT2D eigenvalue weighted by Gasteiger charge is -2.16. The van der Waals surface area contributed by atoms with Crippen molar-refractivity contribution in [1.29, 1.82) is 0 Å². The van der Waals surface area contributed by atoms with E-state index in [0.29, 0.717) is 0 Å². The minimum atomic E-state index is -4.35. The summed E-state index contributed by atoms with van der Waals surface area (Å²) in [4.78, 5) is 3.61. The van der Waals surface area contributed by atoms with Gasteiger partial charge in [-0.15, -0.1) is 0 Å². The minimum Gasteiger partial charge on any atom is -0.465 e. The van der Waals surface area contributed by atoms with Crippen LogP contribution in [0.3, 0.4) is 0 Å². The molecule has 0 aliphatic carbocycles. The Morgan fingerprint density at radius 1 is 1.38 bits per heavy atom. The van der Waals surface area contributed by atoms with Crippen LogP contribution in [0.4, 0.5) is 13.2 Å². The molecule has 1 heterocycles. The molecule has 0 bridgehead atoms. The number of rotatable bonds is 2. The first kappa shape index (κ1) is 9.83. The van der Waals surface area contributed by atoms with Gasteiger partial charge in [-0.05, 0) is 13.0 Å². The van der Waals surface area contributed by atoms with E-state index in [4.69, 9.17) is 0 Å². The van der Waals surface area contributed by atoms with Crippen LogP contribution in [0.15, 0.2) is 24.4 Å². The number of halogens is 3. The van der Waals surface area contributed by atoms with Gasteiger partial charge >= 0.3 is 6.18 Å². The first-order chi connectivity index (χ1) is 6.00. The lowest BCUT2D eigenvalue weighted by atomic mass is 10.4. The lowest BCUT2D eigenvalue weighted by Crippen LogP contribution is -2.31. The molecule has 0 aliphatic heterocycles. The molecule has 1 rings (SSSR count). The molecular weight excluding hydrogens is 183 g/mol. The number of aromatic nitrogens is 1. The van der Waals surface area contributed by atoms with Crippen molar-refractivity contribution in [2.45, 2.75) is 19.2 Å². The predicted molar refractivity (Wildman–Crippen MR) is 40.4 cm³/mol. The summed E-state index contributed by atoms with van der Waals surface area (Å²) in [7, 11) is 0. The van der Waals surface area contributed by atoms with Crippen LogP contribution in [0.1, 0.15) is 6.92 Å². The monoisotopic (exact) mass is 191 g/mol. The molecule has 0 fully saturated rings. The fourth-order valence-electron chi connectivity index (χ4n) is 0.665. The van der Waals surface area contributed by atoms with Crippen LogP contribution in [-0.2, 0) is 0 Å². The van der Waals surface area contributed by atoms with Crippen molar-refractivity contribution >= 4 is 0 Å². The van der Waals surface area contributed by atoms with Crippen molar-refractivity contribution in [2.24, 2.45) is 0 Å². The van der Waals surface area contributed by atoms with E-state index in [2.05, 4.69) is 9.72 Å². The first-order valence-electron chi connectivity index (χ1n) is 3.64. The molecular formula is C8H8F3NO. The van der Waals surface area contributed by atoms with Gasteiger partial charge in [0, 0.05) is 12.3 Å². The van der Waals surface area contributed by atoms with Gasteiger partial charge in [0.1, 0.15) is 0 Å². The molecule has 5 heteroatoms. The van der Waals surface area contributed by atoms with Crippen molar-refractivity contribution in [3.8, 4) is 5.88 Å². The second kappa shape index (κ2) is 3.64. The SMILES string of the molecule is C[C@H](Oc1ccccn1)C(F)(F)F. The van der Waals surface area contributed by atoms with Crippen LogP contribution in [0.2, 0.25) is 0 Å². The number of alkyl halides is 3. The van der Waals surface area contributed by atoms with Crippen molar-refractivity contribution < 1.29 is 17.9 Å². The largest absolute Gasteiger partial charge is 0.465 e. The van der Waals surface area contributed by atoms with E-state index in [-0.39, 0.29) is 5.88 Å². The zero-order valence-corrected chi connectivity index (χ0v) is 6.88. The van der Waals surface area contributed by atoms with Gasteiger partial charge < -0.3 is 4.74 Å². The van der Waals surface area contributed by atoms with Crippen LogP contribution in [-0.4, -0.2) is 17.3 Å². The average molecular weight is 191 g/mol. The van der Waals surface area contributed by atoms with Crippen LogP contribution in [0.5, 0.6) is 5.88 Å². The number of nitrogens with zero attached hydrogens (tertiary/aromatic N) is 1. The van der Waals surface area contributed by atoms with Gasteiger partial charge in [0.25, 0.3) is 0 Å². The van der Waals surface area contributed by atoms with Gasteiger partial charge in [-0.1, -0.05) is 6.07 Å². The third-order valence-electron chi connectivity index (χ3n) is 1.40. The maximum Gasteiger partial charge on any atom is 0.425 e. The summed E-state index contributed by atoms with van der Waals surface area (Å²) in [5.74, 6) is -0.0210. The van der Waals surface area contributed by atoms with E-state index >= 15 is 0 Å². The van der Waals surface area contributed by atoms with Gasteiger partial charge in [-0.2, -0.15) is 13.2 Å². The molecule has 1 atom stereocenters. The van der Waals surface area contributed by atoms with Crippen molar-refractivity contribution in [3.05, 3.63) is 24.4 Å². The molecule has 1 aromatic heterocycles.